The molecule has 0 N–H and O–H groups in total. The highest BCUT2D eigenvalue weighted by Gasteiger charge is 2.22. The molecule has 1 aliphatic heterocycles. The van der Waals surface area contributed by atoms with Crippen molar-refractivity contribution in [3.63, 3.8) is 0 Å². The molecule has 2 rings (SSSR count). The fourth-order valence-electron chi connectivity index (χ4n) is 2.37. The van der Waals surface area contributed by atoms with Crippen LogP contribution < -0.4 is 0 Å². The number of furan rings is 1. The van der Waals surface area contributed by atoms with Crippen molar-refractivity contribution in [2.24, 2.45) is 5.92 Å². The Labute approximate surface area is 112 Å². The lowest BCUT2D eigenvalue weighted by atomic mass is 9.96. The smallest absolute Gasteiger partial charge is 0.258 e. The minimum Gasteiger partial charge on any atom is -0.452 e. The van der Waals surface area contributed by atoms with E-state index in [-0.39, 0.29) is 11.1 Å². The molecule has 0 radical (unpaired) electrons. The minimum absolute atomic E-state index is 0.0623. The van der Waals surface area contributed by atoms with Crippen molar-refractivity contribution < 1.29 is 9.21 Å². The van der Waals surface area contributed by atoms with Crippen molar-refractivity contribution in [2.45, 2.75) is 12.8 Å². The van der Waals surface area contributed by atoms with Gasteiger partial charge < -0.3 is 14.2 Å². The molecule has 1 fully saturated rings. The first kappa shape index (κ1) is 13.4. The number of halogens is 1. The first-order valence-corrected chi connectivity index (χ1v) is 6.62. The van der Waals surface area contributed by atoms with E-state index < -0.39 is 0 Å². The van der Waals surface area contributed by atoms with Gasteiger partial charge in [-0.3, -0.25) is 4.79 Å². The van der Waals surface area contributed by atoms with Gasteiger partial charge in [-0.05, 0) is 56.6 Å². The third kappa shape index (κ3) is 3.06. The zero-order chi connectivity index (χ0) is 13.1. The molecule has 0 spiro atoms. The number of piperidine rings is 1. The van der Waals surface area contributed by atoms with Crippen LogP contribution in [-0.2, 0) is 0 Å². The molecule has 0 unspecified atom stereocenters. The predicted molar refractivity (Wildman–Crippen MR) is 70.9 cm³/mol. The maximum Gasteiger partial charge on any atom is 0.258 e. The normalized spacial score (nSPS) is 17.9. The van der Waals surface area contributed by atoms with Gasteiger partial charge in [0.2, 0.25) is 5.22 Å². The van der Waals surface area contributed by atoms with E-state index >= 15 is 0 Å². The molecule has 18 heavy (non-hydrogen) atoms. The number of amides is 1. The molecule has 0 aromatic carbocycles. The number of carbonyl (C=O) groups is 1. The molecule has 2 heterocycles. The largest absolute Gasteiger partial charge is 0.452 e. The zero-order valence-electron chi connectivity index (χ0n) is 10.9. The van der Waals surface area contributed by atoms with E-state index in [1.807, 2.05) is 7.05 Å². The van der Waals surface area contributed by atoms with E-state index in [0.717, 1.165) is 32.5 Å². The average Bonchev–Trinajstić information content (AvgIpc) is 2.77. The number of rotatable bonds is 3. The maximum atomic E-state index is 12.1. The first-order valence-electron chi connectivity index (χ1n) is 6.25. The van der Waals surface area contributed by atoms with Crippen LogP contribution in [0, 0.1) is 5.92 Å². The molecule has 100 valence electrons. The fraction of sp³-hybridized carbons (Fsp3) is 0.615. The van der Waals surface area contributed by atoms with Gasteiger partial charge in [0.05, 0.1) is 11.8 Å². The Morgan fingerprint density at radius 1 is 1.56 bits per heavy atom. The molecule has 1 saturated heterocycles. The summed E-state index contributed by atoms with van der Waals surface area (Å²) in [5, 5.41) is 0.176. The van der Waals surface area contributed by atoms with Crippen LogP contribution in [0.25, 0.3) is 0 Å². The van der Waals surface area contributed by atoms with Crippen molar-refractivity contribution in [1.82, 2.24) is 9.80 Å². The van der Waals surface area contributed by atoms with Crippen LogP contribution in [0.5, 0.6) is 0 Å². The van der Waals surface area contributed by atoms with Crippen LogP contribution in [0.15, 0.2) is 16.7 Å². The fourth-order valence-corrected chi connectivity index (χ4v) is 2.56. The van der Waals surface area contributed by atoms with Crippen molar-refractivity contribution >= 4 is 17.5 Å². The van der Waals surface area contributed by atoms with Crippen LogP contribution in [0.4, 0.5) is 0 Å². The second-order valence-electron chi connectivity index (χ2n) is 5.04. The Kier molecular flexibility index (Phi) is 4.30. The van der Waals surface area contributed by atoms with Gasteiger partial charge in [-0.15, -0.1) is 0 Å². The summed E-state index contributed by atoms with van der Waals surface area (Å²) in [7, 11) is 3.96. The molecular formula is C13H19ClN2O2. The van der Waals surface area contributed by atoms with Crippen LogP contribution in [0.2, 0.25) is 5.22 Å². The van der Waals surface area contributed by atoms with E-state index in [0.29, 0.717) is 11.5 Å². The van der Waals surface area contributed by atoms with E-state index in [9.17, 15) is 4.79 Å². The zero-order valence-corrected chi connectivity index (χ0v) is 11.6. The Balaban J connectivity index is 1.90. The van der Waals surface area contributed by atoms with Gasteiger partial charge in [0.15, 0.2) is 0 Å². The van der Waals surface area contributed by atoms with E-state index in [4.69, 9.17) is 16.0 Å². The van der Waals surface area contributed by atoms with Gasteiger partial charge in [0.1, 0.15) is 0 Å². The highest BCUT2D eigenvalue weighted by atomic mass is 35.5. The summed E-state index contributed by atoms with van der Waals surface area (Å²) in [5.74, 6) is 0.522. The summed E-state index contributed by atoms with van der Waals surface area (Å²) in [6.45, 7) is 3.01. The van der Waals surface area contributed by atoms with Gasteiger partial charge >= 0.3 is 0 Å². The molecule has 1 amide bonds. The molecule has 1 aliphatic rings. The number of nitrogens with zero attached hydrogens (tertiary/aromatic N) is 2. The monoisotopic (exact) mass is 270 g/mol. The Hall–Kier alpha value is -1.00. The van der Waals surface area contributed by atoms with Gasteiger partial charge in [0, 0.05) is 13.6 Å². The van der Waals surface area contributed by atoms with E-state index in [1.165, 1.54) is 6.26 Å². The second-order valence-corrected chi connectivity index (χ2v) is 5.38. The Morgan fingerprint density at radius 3 is 2.78 bits per heavy atom. The summed E-state index contributed by atoms with van der Waals surface area (Å²) >= 11 is 5.82. The molecule has 4 nitrogen and oxygen atoms in total. The van der Waals surface area contributed by atoms with Crippen LogP contribution in [0.1, 0.15) is 23.2 Å². The second kappa shape index (κ2) is 5.76. The number of likely N-dealkylation sites (tertiary alicyclic amines) is 1. The lowest BCUT2D eigenvalue weighted by Crippen LogP contribution is -2.37. The number of carbonyl (C=O) groups excluding carboxylic acids is 1. The third-order valence-electron chi connectivity index (χ3n) is 3.57. The van der Waals surface area contributed by atoms with Crippen molar-refractivity contribution in [3.05, 3.63) is 23.1 Å². The SMILES string of the molecule is CN1CCC(CN(C)C(=O)c2ccoc2Cl)CC1. The quantitative estimate of drug-likeness (QED) is 0.846. The standard InChI is InChI=1S/C13H19ClN2O2/c1-15-6-3-10(4-7-15)9-16(2)13(17)11-5-8-18-12(11)14/h5,8,10H,3-4,6-7,9H2,1-2H3. The van der Waals surface area contributed by atoms with Crippen molar-refractivity contribution in [1.29, 1.82) is 0 Å². The molecule has 0 bridgehead atoms. The minimum atomic E-state index is -0.0623. The topological polar surface area (TPSA) is 36.7 Å². The predicted octanol–water partition coefficient (Wildman–Crippen LogP) is 2.35. The molecule has 1 aromatic rings. The summed E-state index contributed by atoms with van der Waals surface area (Å²) < 4.78 is 4.95. The van der Waals surface area contributed by atoms with Crippen LogP contribution >= 0.6 is 11.6 Å². The maximum absolute atomic E-state index is 12.1. The van der Waals surface area contributed by atoms with E-state index in [1.54, 1.807) is 11.0 Å². The number of hydrogen-bond donors (Lipinski definition) is 0. The molecule has 1 aromatic heterocycles. The summed E-state index contributed by atoms with van der Waals surface area (Å²) in [5.41, 5.74) is 0.451. The Bertz CT molecular complexity index is 411. The molecule has 0 atom stereocenters. The van der Waals surface area contributed by atoms with Crippen LogP contribution in [-0.4, -0.2) is 49.4 Å². The average molecular weight is 271 g/mol. The Morgan fingerprint density at radius 2 is 2.22 bits per heavy atom. The molecular weight excluding hydrogens is 252 g/mol. The van der Waals surface area contributed by atoms with Crippen LogP contribution in [0.3, 0.4) is 0 Å². The summed E-state index contributed by atoms with van der Waals surface area (Å²) in [4.78, 5) is 16.2. The van der Waals surface area contributed by atoms with Crippen molar-refractivity contribution in [2.75, 3.05) is 33.7 Å². The highest BCUT2D eigenvalue weighted by Crippen LogP contribution is 2.21. The lowest BCUT2D eigenvalue weighted by molar-refractivity contribution is 0.0746. The summed E-state index contributed by atoms with van der Waals surface area (Å²) in [6, 6.07) is 1.62. The molecule has 0 aliphatic carbocycles. The third-order valence-corrected chi connectivity index (χ3v) is 3.86. The van der Waals surface area contributed by atoms with Crippen molar-refractivity contribution in [3.8, 4) is 0 Å². The van der Waals surface area contributed by atoms with Gasteiger partial charge in [-0.1, -0.05) is 0 Å². The molecule has 0 saturated carbocycles. The van der Waals surface area contributed by atoms with E-state index in [2.05, 4.69) is 11.9 Å². The number of hydrogen-bond acceptors (Lipinski definition) is 3. The molecule has 5 heteroatoms. The van der Waals surface area contributed by atoms with Gasteiger partial charge in [-0.2, -0.15) is 0 Å². The summed E-state index contributed by atoms with van der Waals surface area (Å²) in [6.07, 6.45) is 3.74. The first-order chi connectivity index (χ1) is 8.58. The van der Waals surface area contributed by atoms with Gasteiger partial charge in [0.25, 0.3) is 5.91 Å². The highest BCUT2D eigenvalue weighted by molar-refractivity contribution is 6.32. The lowest BCUT2D eigenvalue weighted by Gasteiger charge is -2.31. The van der Waals surface area contributed by atoms with Gasteiger partial charge in [-0.25, -0.2) is 0 Å².